The Kier molecular flexibility index (Phi) is 9.29. The first kappa shape index (κ1) is 23.0. The van der Waals surface area contributed by atoms with Gasteiger partial charge in [0.05, 0.1) is 13.2 Å². The van der Waals surface area contributed by atoms with E-state index in [1.54, 1.807) is 18.2 Å². The number of rotatable bonds is 11. The van der Waals surface area contributed by atoms with Crippen molar-refractivity contribution in [2.75, 3.05) is 19.0 Å². The molecular formula is C21H33NO5. The number of ether oxygens (including phenoxy) is 3. The Labute approximate surface area is 162 Å². The summed E-state index contributed by atoms with van der Waals surface area (Å²) in [6, 6.07) is 4.95. The molecule has 1 unspecified atom stereocenters. The third-order valence-electron chi connectivity index (χ3n) is 4.12. The summed E-state index contributed by atoms with van der Waals surface area (Å²) < 4.78 is 16.4. The van der Waals surface area contributed by atoms with Crippen molar-refractivity contribution in [3.05, 3.63) is 23.8 Å². The minimum Gasteiger partial charge on any atom is -0.490 e. The normalized spacial score (nSPS) is 13.1. The maximum absolute atomic E-state index is 12.9. The molecule has 1 rings (SSSR count). The fourth-order valence-electron chi connectivity index (χ4n) is 2.59. The van der Waals surface area contributed by atoms with Crippen LogP contribution >= 0.6 is 0 Å². The molecule has 0 saturated carbocycles. The van der Waals surface area contributed by atoms with Crippen molar-refractivity contribution in [2.24, 2.45) is 0 Å². The molecule has 0 aliphatic carbocycles. The lowest BCUT2D eigenvalue weighted by molar-refractivity contribution is -0.140. The lowest BCUT2D eigenvalue weighted by Crippen LogP contribution is -2.43. The standard InChI is InChI=1S/C21H33NO5/c1-7-9-12-21(5,26-13-8-2)20(24)22-16-10-11-18(27-15(3)4)17(14-16)19(23)25-6/h10-11,14-15H,7-9,12-13H2,1-6H3,(H,22,24). The maximum atomic E-state index is 12.9. The van der Waals surface area contributed by atoms with Crippen LogP contribution in [0.1, 0.15) is 70.7 Å². The number of anilines is 1. The zero-order valence-corrected chi connectivity index (χ0v) is 17.4. The first-order valence-electron chi connectivity index (χ1n) is 9.61. The molecule has 6 nitrogen and oxygen atoms in total. The summed E-state index contributed by atoms with van der Waals surface area (Å²) in [4.78, 5) is 25.0. The smallest absolute Gasteiger partial charge is 0.341 e. The van der Waals surface area contributed by atoms with Crippen LogP contribution in [0.2, 0.25) is 0 Å². The van der Waals surface area contributed by atoms with Gasteiger partial charge in [0.15, 0.2) is 0 Å². The first-order chi connectivity index (χ1) is 12.8. The minimum atomic E-state index is -0.912. The fraction of sp³-hybridized carbons (Fsp3) is 0.619. The molecule has 1 N–H and O–H groups in total. The molecule has 1 aromatic rings. The van der Waals surface area contributed by atoms with Crippen LogP contribution < -0.4 is 10.1 Å². The van der Waals surface area contributed by atoms with Gasteiger partial charge in [0.2, 0.25) is 0 Å². The van der Waals surface area contributed by atoms with Gasteiger partial charge in [0, 0.05) is 12.3 Å². The number of amides is 1. The molecule has 0 saturated heterocycles. The van der Waals surface area contributed by atoms with E-state index in [1.807, 2.05) is 27.7 Å². The molecule has 0 spiro atoms. The summed E-state index contributed by atoms with van der Waals surface area (Å²) in [5.74, 6) is -0.318. The van der Waals surface area contributed by atoms with Crippen molar-refractivity contribution in [1.29, 1.82) is 0 Å². The summed E-state index contributed by atoms with van der Waals surface area (Å²) in [6.07, 6.45) is 3.25. The van der Waals surface area contributed by atoms with Gasteiger partial charge in [-0.05, 0) is 51.8 Å². The predicted molar refractivity (Wildman–Crippen MR) is 106 cm³/mol. The van der Waals surface area contributed by atoms with Crippen LogP contribution in [0, 0.1) is 0 Å². The Balaban J connectivity index is 3.06. The highest BCUT2D eigenvalue weighted by Gasteiger charge is 2.33. The second-order valence-corrected chi connectivity index (χ2v) is 7.01. The van der Waals surface area contributed by atoms with Crippen LogP contribution in [0.4, 0.5) is 5.69 Å². The van der Waals surface area contributed by atoms with Crippen molar-refractivity contribution >= 4 is 17.6 Å². The van der Waals surface area contributed by atoms with E-state index in [4.69, 9.17) is 14.2 Å². The molecule has 1 amide bonds. The molecule has 0 bridgehead atoms. The van der Waals surface area contributed by atoms with Crippen molar-refractivity contribution in [3.63, 3.8) is 0 Å². The molecule has 0 aromatic heterocycles. The van der Waals surface area contributed by atoms with Crippen LogP contribution in [0.15, 0.2) is 18.2 Å². The Morgan fingerprint density at radius 1 is 1.19 bits per heavy atom. The number of methoxy groups -OCH3 is 1. The third kappa shape index (κ3) is 6.86. The van der Waals surface area contributed by atoms with Crippen molar-refractivity contribution in [3.8, 4) is 5.75 Å². The second kappa shape index (κ2) is 10.9. The van der Waals surface area contributed by atoms with Crippen LogP contribution in [0.3, 0.4) is 0 Å². The number of carbonyl (C=O) groups is 2. The van der Waals surface area contributed by atoms with Crippen LogP contribution in [0.5, 0.6) is 5.75 Å². The molecule has 0 fully saturated rings. The second-order valence-electron chi connectivity index (χ2n) is 7.01. The summed E-state index contributed by atoms with van der Waals surface area (Å²) in [5.41, 5.74) is -0.141. The molecule has 0 aliphatic heterocycles. The van der Waals surface area contributed by atoms with E-state index >= 15 is 0 Å². The van der Waals surface area contributed by atoms with E-state index in [2.05, 4.69) is 12.2 Å². The highest BCUT2D eigenvalue weighted by molar-refractivity contribution is 5.99. The van der Waals surface area contributed by atoms with Gasteiger partial charge in [-0.25, -0.2) is 4.79 Å². The zero-order valence-electron chi connectivity index (χ0n) is 17.4. The summed E-state index contributed by atoms with van der Waals surface area (Å²) >= 11 is 0. The van der Waals surface area contributed by atoms with E-state index in [0.717, 1.165) is 19.3 Å². The van der Waals surface area contributed by atoms with Crippen molar-refractivity contribution in [1.82, 2.24) is 0 Å². The van der Waals surface area contributed by atoms with Gasteiger partial charge in [-0.15, -0.1) is 0 Å². The molecule has 6 heteroatoms. The number of benzene rings is 1. The number of unbranched alkanes of at least 4 members (excludes halogenated alkanes) is 1. The van der Waals surface area contributed by atoms with Gasteiger partial charge >= 0.3 is 5.97 Å². The van der Waals surface area contributed by atoms with E-state index in [0.29, 0.717) is 24.5 Å². The Hall–Kier alpha value is -2.08. The minimum absolute atomic E-state index is 0.0892. The fourth-order valence-corrected chi connectivity index (χ4v) is 2.59. The number of nitrogens with one attached hydrogen (secondary N) is 1. The number of hydrogen-bond donors (Lipinski definition) is 1. The van der Waals surface area contributed by atoms with Gasteiger partial charge in [-0.2, -0.15) is 0 Å². The molecule has 1 aromatic carbocycles. The largest absolute Gasteiger partial charge is 0.490 e. The molecule has 1 atom stereocenters. The molecule has 27 heavy (non-hydrogen) atoms. The van der Waals surface area contributed by atoms with Crippen LogP contribution in [0.25, 0.3) is 0 Å². The number of hydrogen-bond acceptors (Lipinski definition) is 5. The highest BCUT2D eigenvalue weighted by Crippen LogP contribution is 2.27. The Morgan fingerprint density at radius 2 is 1.89 bits per heavy atom. The number of carbonyl (C=O) groups excluding carboxylic acids is 2. The lowest BCUT2D eigenvalue weighted by atomic mass is 9.97. The average Bonchev–Trinajstić information content (AvgIpc) is 2.64. The van der Waals surface area contributed by atoms with Gasteiger partial charge in [-0.1, -0.05) is 26.7 Å². The molecule has 0 aliphatic rings. The van der Waals surface area contributed by atoms with E-state index in [1.165, 1.54) is 7.11 Å². The lowest BCUT2D eigenvalue weighted by Gasteiger charge is -2.28. The van der Waals surface area contributed by atoms with Gasteiger partial charge in [0.25, 0.3) is 5.91 Å². The SMILES string of the molecule is CCCCC(C)(OCCC)C(=O)Nc1ccc(OC(C)C)c(C(=O)OC)c1. The highest BCUT2D eigenvalue weighted by atomic mass is 16.5. The van der Waals surface area contributed by atoms with Crippen molar-refractivity contribution < 1.29 is 23.8 Å². The van der Waals surface area contributed by atoms with E-state index in [9.17, 15) is 9.59 Å². The molecule has 0 heterocycles. The summed E-state index contributed by atoms with van der Waals surface area (Å²) in [6.45, 7) is 10.2. The monoisotopic (exact) mass is 379 g/mol. The quantitative estimate of drug-likeness (QED) is 0.570. The predicted octanol–water partition coefficient (Wildman–Crippen LogP) is 4.57. The van der Waals surface area contributed by atoms with E-state index < -0.39 is 11.6 Å². The van der Waals surface area contributed by atoms with E-state index in [-0.39, 0.29) is 17.6 Å². The van der Waals surface area contributed by atoms with Gasteiger partial charge in [0.1, 0.15) is 16.9 Å². The topological polar surface area (TPSA) is 73.9 Å². The van der Waals surface area contributed by atoms with Crippen LogP contribution in [-0.2, 0) is 14.3 Å². The van der Waals surface area contributed by atoms with Gasteiger partial charge in [-0.3, -0.25) is 4.79 Å². The molecule has 0 radical (unpaired) electrons. The number of esters is 1. The van der Waals surface area contributed by atoms with Gasteiger partial charge < -0.3 is 19.5 Å². The first-order valence-corrected chi connectivity index (χ1v) is 9.61. The molecule has 152 valence electrons. The van der Waals surface area contributed by atoms with Crippen LogP contribution in [-0.4, -0.2) is 37.3 Å². The Morgan fingerprint density at radius 3 is 2.44 bits per heavy atom. The zero-order chi connectivity index (χ0) is 20.4. The Bertz CT molecular complexity index is 619. The molecular weight excluding hydrogens is 346 g/mol. The average molecular weight is 379 g/mol. The van der Waals surface area contributed by atoms with Crippen molar-refractivity contribution in [2.45, 2.75) is 72.0 Å². The summed E-state index contributed by atoms with van der Waals surface area (Å²) in [5, 5.41) is 2.87. The summed E-state index contributed by atoms with van der Waals surface area (Å²) in [7, 11) is 1.31. The third-order valence-corrected chi connectivity index (χ3v) is 4.12. The maximum Gasteiger partial charge on any atom is 0.341 e.